The Balaban J connectivity index is 2.06. The summed E-state index contributed by atoms with van der Waals surface area (Å²) < 4.78 is 0. The van der Waals surface area contributed by atoms with Gasteiger partial charge in [-0.25, -0.2) is 0 Å². The SMILES string of the molecule is N#Cc1cccc(C23C=CC(CC2)C3)c1. The second-order valence-corrected chi connectivity index (χ2v) is 4.71. The van der Waals surface area contributed by atoms with Gasteiger partial charge in [-0.3, -0.25) is 0 Å². The fourth-order valence-corrected chi connectivity index (χ4v) is 3.01. The molecule has 1 heteroatoms. The molecule has 1 aromatic carbocycles. The van der Waals surface area contributed by atoms with Crippen molar-refractivity contribution < 1.29 is 0 Å². The summed E-state index contributed by atoms with van der Waals surface area (Å²) in [5.41, 5.74) is 2.38. The molecule has 15 heavy (non-hydrogen) atoms. The number of rotatable bonds is 1. The first-order valence-corrected chi connectivity index (χ1v) is 5.52. The summed E-state index contributed by atoms with van der Waals surface area (Å²) in [6.07, 6.45) is 8.53. The third-order valence-electron chi connectivity index (χ3n) is 3.84. The number of allylic oxidation sites excluding steroid dienone is 2. The highest BCUT2D eigenvalue weighted by Gasteiger charge is 2.41. The predicted molar refractivity (Wildman–Crippen MR) is 59.3 cm³/mol. The minimum absolute atomic E-state index is 0.261. The lowest BCUT2D eigenvalue weighted by Crippen LogP contribution is -2.17. The van der Waals surface area contributed by atoms with Gasteiger partial charge in [0, 0.05) is 5.41 Å². The molecule has 2 aliphatic carbocycles. The van der Waals surface area contributed by atoms with Crippen LogP contribution in [-0.2, 0) is 5.41 Å². The Bertz CT molecular complexity index is 466. The van der Waals surface area contributed by atoms with Crippen molar-refractivity contribution in [1.29, 1.82) is 5.26 Å². The highest BCUT2D eigenvalue weighted by molar-refractivity contribution is 5.42. The lowest BCUT2D eigenvalue weighted by Gasteiger charge is -2.24. The van der Waals surface area contributed by atoms with Crippen LogP contribution in [0.2, 0.25) is 0 Å². The smallest absolute Gasteiger partial charge is 0.0991 e. The molecule has 0 saturated heterocycles. The molecule has 1 nitrogen and oxygen atoms in total. The van der Waals surface area contributed by atoms with Gasteiger partial charge in [-0.2, -0.15) is 5.26 Å². The Hall–Kier alpha value is -1.55. The van der Waals surface area contributed by atoms with Crippen LogP contribution in [0, 0.1) is 17.2 Å². The molecular formula is C14H13N. The molecule has 1 aromatic rings. The lowest BCUT2D eigenvalue weighted by atomic mass is 9.80. The summed E-state index contributed by atoms with van der Waals surface area (Å²) in [6.45, 7) is 0. The second-order valence-electron chi connectivity index (χ2n) is 4.71. The summed E-state index contributed by atoms with van der Waals surface area (Å²) in [7, 11) is 0. The van der Waals surface area contributed by atoms with Crippen LogP contribution in [-0.4, -0.2) is 0 Å². The van der Waals surface area contributed by atoms with Crippen molar-refractivity contribution >= 4 is 0 Å². The second kappa shape index (κ2) is 2.97. The number of hydrogen-bond donors (Lipinski definition) is 0. The standard InChI is InChI=1S/C14H13N/c15-10-12-2-1-3-13(8-12)14-6-4-11(9-14)5-7-14/h1-4,6,8,11H,5,7,9H2. The van der Waals surface area contributed by atoms with E-state index in [0.717, 1.165) is 11.5 Å². The van der Waals surface area contributed by atoms with E-state index in [1.165, 1.54) is 24.8 Å². The maximum absolute atomic E-state index is 8.90. The van der Waals surface area contributed by atoms with Crippen molar-refractivity contribution in [2.75, 3.05) is 0 Å². The Morgan fingerprint density at radius 3 is 2.93 bits per heavy atom. The fraction of sp³-hybridized carbons (Fsp3) is 0.357. The van der Waals surface area contributed by atoms with Crippen LogP contribution in [0.1, 0.15) is 30.4 Å². The third kappa shape index (κ3) is 1.22. The van der Waals surface area contributed by atoms with Crippen LogP contribution in [0.15, 0.2) is 36.4 Å². The van der Waals surface area contributed by atoms with Gasteiger partial charge in [0.25, 0.3) is 0 Å². The Morgan fingerprint density at radius 1 is 1.40 bits per heavy atom. The summed E-state index contributed by atoms with van der Waals surface area (Å²) in [6, 6.07) is 10.3. The summed E-state index contributed by atoms with van der Waals surface area (Å²) >= 11 is 0. The molecule has 0 heterocycles. The number of hydrogen-bond acceptors (Lipinski definition) is 1. The number of nitriles is 1. The maximum atomic E-state index is 8.90. The van der Waals surface area contributed by atoms with Crippen molar-refractivity contribution in [2.45, 2.75) is 24.7 Å². The summed E-state index contributed by atoms with van der Waals surface area (Å²) in [5, 5.41) is 8.90. The molecule has 74 valence electrons. The first kappa shape index (κ1) is 8.73. The molecule has 2 unspecified atom stereocenters. The predicted octanol–water partition coefficient (Wildman–Crippen LogP) is 3.17. The van der Waals surface area contributed by atoms with E-state index in [1.807, 2.05) is 12.1 Å². The van der Waals surface area contributed by atoms with Crippen molar-refractivity contribution in [2.24, 2.45) is 5.92 Å². The largest absolute Gasteiger partial charge is 0.192 e. The zero-order chi connectivity index (χ0) is 10.3. The molecule has 3 rings (SSSR count). The van der Waals surface area contributed by atoms with Crippen LogP contribution in [0.3, 0.4) is 0 Å². The Labute approximate surface area is 90.0 Å². The lowest BCUT2D eigenvalue weighted by molar-refractivity contribution is 0.567. The molecule has 0 N–H and O–H groups in total. The molecule has 2 bridgehead atoms. The maximum Gasteiger partial charge on any atom is 0.0991 e. The van der Waals surface area contributed by atoms with E-state index in [4.69, 9.17) is 5.26 Å². The molecule has 0 amide bonds. The van der Waals surface area contributed by atoms with Gasteiger partial charge in [-0.15, -0.1) is 0 Å². The monoisotopic (exact) mass is 195 g/mol. The summed E-state index contributed by atoms with van der Waals surface area (Å²) in [5.74, 6) is 0.788. The van der Waals surface area contributed by atoms with Crippen LogP contribution < -0.4 is 0 Å². The van der Waals surface area contributed by atoms with E-state index in [2.05, 4.69) is 30.4 Å². The van der Waals surface area contributed by atoms with Gasteiger partial charge in [-0.05, 0) is 42.9 Å². The minimum Gasteiger partial charge on any atom is -0.192 e. The number of benzene rings is 1. The van der Waals surface area contributed by atoms with E-state index in [9.17, 15) is 0 Å². The van der Waals surface area contributed by atoms with Gasteiger partial charge >= 0.3 is 0 Å². The topological polar surface area (TPSA) is 23.8 Å². The van der Waals surface area contributed by atoms with Crippen LogP contribution in [0.5, 0.6) is 0 Å². The van der Waals surface area contributed by atoms with Gasteiger partial charge in [-0.1, -0.05) is 24.3 Å². The average molecular weight is 195 g/mol. The fourth-order valence-electron chi connectivity index (χ4n) is 3.01. The van der Waals surface area contributed by atoms with Gasteiger partial charge in [0.1, 0.15) is 0 Å². The molecule has 2 atom stereocenters. The first-order chi connectivity index (χ1) is 7.32. The zero-order valence-corrected chi connectivity index (χ0v) is 8.61. The van der Waals surface area contributed by atoms with Gasteiger partial charge in [0.05, 0.1) is 11.6 Å². The normalized spacial score (nSPS) is 31.8. The van der Waals surface area contributed by atoms with E-state index in [-0.39, 0.29) is 5.41 Å². The van der Waals surface area contributed by atoms with E-state index >= 15 is 0 Å². The highest BCUT2D eigenvalue weighted by Crippen LogP contribution is 2.50. The summed E-state index contributed by atoms with van der Waals surface area (Å²) in [4.78, 5) is 0. The molecule has 1 fully saturated rings. The molecule has 1 saturated carbocycles. The van der Waals surface area contributed by atoms with Crippen LogP contribution in [0.25, 0.3) is 0 Å². The highest BCUT2D eigenvalue weighted by atomic mass is 14.5. The molecule has 0 radical (unpaired) electrons. The Kier molecular flexibility index (Phi) is 1.73. The van der Waals surface area contributed by atoms with Crippen molar-refractivity contribution in [3.63, 3.8) is 0 Å². The molecular weight excluding hydrogens is 182 g/mol. The number of fused-ring (bicyclic) bond motifs is 2. The van der Waals surface area contributed by atoms with E-state index in [0.29, 0.717) is 0 Å². The molecule has 2 aliphatic rings. The Morgan fingerprint density at radius 2 is 2.33 bits per heavy atom. The number of nitrogens with zero attached hydrogens (tertiary/aromatic N) is 1. The minimum atomic E-state index is 0.261. The molecule has 0 spiro atoms. The van der Waals surface area contributed by atoms with Crippen LogP contribution in [0.4, 0.5) is 0 Å². The van der Waals surface area contributed by atoms with Crippen molar-refractivity contribution in [3.05, 3.63) is 47.5 Å². The van der Waals surface area contributed by atoms with Crippen LogP contribution >= 0.6 is 0 Å². The zero-order valence-electron chi connectivity index (χ0n) is 8.61. The van der Waals surface area contributed by atoms with Gasteiger partial charge in [0.2, 0.25) is 0 Å². The van der Waals surface area contributed by atoms with Crippen molar-refractivity contribution in [3.8, 4) is 6.07 Å². The van der Waals surface area contributed by atoms with E-state index < -0.39 is 0 Å². The van der Waals surface area contributed by atoms with Gasteiger partial charge in [0.15, 0.2) is 0 Å². The van der Waals surface area contributed by atoms with Gasteiger partial charge < -0.3 is 0 Å². The quantitative estimate of drug-likeness (QED) is 0.631. The third-order valence-corrected chi connectivity index (χ3v) is 3.84. The molecule has 0 aliphatic heterocycles. The van der Waals surface area contributed by atoms with Crippen molar-refractivity contribution in [1.82, 2.24) is 0 Å². The first-order valence-electron chi connectivity index (χ1n) is 5.52. The van der Waals surface area contributed by atoms with E-state index in [1.54, 1.807) is 0 Å². The molecule has 0 aromatic heterocycles. The average Bonchev–Trinajstić information content (AvgIpc) is 2.90.